The van der Waals surface area contributed by atoms with Crippen molar-refractivity contribution < 1.29 is 0 Å². The van der Waals surface area contributed by atoms with Gasteiger partial charge in [0.1, 0.15) is 0 Å². The van der Waals surface area contributed by atoms with Crippen LogP contribution in [0.4, 0.5) is 0 Å². The molecule has 0 aromatic heterocycles. The predicted molar refractivity (Wildman–Crippen MR) is 64.1 cm³/mol. The van der Waals surface area contributed by atoms with Crippen molar-refractivity contribution in [2.45, 2.75) is 39.0 Å². The highest BCUT2D eigenvalue weighted by Gasteiger charge is 2.32. The fourth-order valence-electron chi connectivity index (χ4n) is 2.77. The second-order valence-electron chi connectivity index (χ2n) is 5.04. The van der Waals surface area contributed by atoms with Crippen LogP contribution in [0.1, 0.15) is 39.0 Å². The second-order valence-corrected chi connectivity index (χ2v) is 5.04. The summed E-state index contributed by atoms with van der Waals surface area (Å²) >= 11 is 0. The van der Waals surface area contributed by atoms with Crippen LogP contribution in [0.3, 0.4) is 0 Å². The van der Waals surface area contributed by atoms with E-state index in [1.807, 2.05) is 0 Å². The Morgan fingerprint density at radius 2 is 2.13 bits per heavy atom. The number of rotatable bonds is 3. The standard InChI is InChI=1S/C12H23N3/c1-3-12(6-4-5-7-12)10-14-11-13-8-9-15(11)2/h3-10H2,1-2H3,(H,13,14). The van der Waals surface area contributed by atoms with E-state index in [9.17, 15) is 0 Å². The summed E-state index contributed by atoms with van der Waals surface area (Å²) < 4.78 is 0. The van der Waals surface area contributed by atoms with Gasteiger partial charge in [0.25, 0.3) is 0 Å². The highest BCUT2D eigenvalue weighted by molar-refractivity contribution is 5.81. The summed E-state index contributed by atoms with van der Waals surface area (Å²) in [6.45, 7) is 5.47. The molecular weight excluding hydrogens is 186 g/mol. The molecule has 1 N–H and O–H groups in total. The van der Waals surface area contributed by atoms with Crippen molar-refractivity contribution in [2.24, 2.45) is 10.4 Å². The van der Waals surface area contributed by atoms with Crippen molar-refractivity contribution in [1.82, 2.24) is 10.2 Å². The zero-order valence-electron chi connectivity index (χ0n) is 10.1. The fraction of sp³-hybridized carbons (Fsp3) is 0.917. The van der Waals surface area contributed by atoms with Crippen molar-refractivity contribution in [3.63, 3.8) is 0 Å². The van der Waals surface area contributed by atoms with Gasteiger partial charge < -0.3 is 10.2 Å². The molecule has 2 aliphatic rings. The Labute approximate surface area is 92.9 Å². The van der Waals surface area contributed by atoms with E-state index in [0.29, 0.717) is 5.41 Å². The first-order valence-electron chi connectivity index (χ1n) is 6.25. The molecular formula is C12H23N3. The van der Waals surface area contributed by atoms with E-state index in [1.165, 1.54) is 32.1 Å². The number of hydrogen-bond donors (Lipinski definition) is 1. The van der Waals surface area contributed by atoms with Crippen LogP contribution in [-0.4, -0.2) is 37.5 Å². The Bertz CT molecular complexity index is 241. The molecule has 1 aliphatic carbocycles. The number of aliphatic imine (C=N–C) groups is 1. The van der Waals surface area contributed by atoms with E-state index in [4.69, 9.17) is 0 Å². The molecule has 1 saturated carbocycles. The zero-order chi connectivity index (χ0) is 10.7. The second kappa shape index (κ2) is 4.42. The molecule has 1 heterocycles. The summed E-state index contributed by atoms with van der Waals surface area (Å²) in [6.07, 6.45) is 6.92. The minimum Gasteiger partial charge on any atom is -0.356 e. The molecule has 0 aromatic rings. The van der Waals surface area contributed by atoms with E-state index in [0.717, 1.165) is 25.6 Å². The number of hydrogen-bond acceptors (Lipinski definition) is 3. The van der Waals surface area contributed by atoms with Crippen molar-refractivity contribution >= 4 is 5.96 Å². The number of likely N-dealkylation sites (N-methyl/N-ethyl adjacent to an activating group) is 1. The molecule has 1 aliphatic heterocycles. The molecule has 0 saturated heterocycles. The topological polar surface area (TPSA) is 27.6 Å². The van der Waals surface area contributed by atoms with Gasteiger partial charge in [0.05, 0.1) is 6.54 Å². The summed E-state index contributed by atoms with van der Waals surface area (Å²) in [5.41, 5.74) is 0.561. The quantitative estimate of drug-likeness (QED) is 0.768. The number of nitrogens with zero attached hydrogens (tertiary/aromatic N) is 2. The van der Waals surface area contributed by atoms with Crippen LogP contribution in [-0.2, 0) is 0 Å². The SMILES string of the molecule is CCC1(CNC2=NCCN2C)CCCC1. The first-order chi connectivity index (χ1) is 7.26. The van der Waals surface area contributed by atoms with Crippen LogP contribution in [0.5, 0.6) is 0 Å². The molecule has 0 atom stereocenters. The minimum atomic E-state index is 0.561. The van der Waals surface area contributed by atoms with Gasteiger partial charge in [-0.3, -0.25) is 4.99 Å². The number of guanidine groups is 1. The van der Waals surface area contributed by atoms with E-state index < -0.39 is 0 Å². The van der Waals surface area contributed by atoms with Crippen LogP contribution < -0.4 is 5.32 Å². The Morgan fingerprint density at radius 1 is 1.40 bits per heavy atom. The Morgan fingerprint density at radius 3 is 2.67 bits per heavy atom. The van der Waals surface area contributed by atoms with E-state index in [2.05, 4.69) is 29.2 Å². The summed E-state index contributed by atoms with van der Waals surface area (Å²) in [5.74, 6) is 1.11. The lowest BCUT2D eigenvalue weighted by Crippen LogP contribution is -2.41. The molecule has 0 amide bonds. The molecule has 15 heavy (non-hydrogen) atoms. The van der Waals surface area contributed by atoms with Gasteiger partial charge in [-0.15, -0.1) is 0 Å². The third-order valence-corrected chi connectivity index (χ3v) is 4.09. The van der Waals surface area contributed by atoms with E-state index >= 15 is 0 Å². The Hall–Kier alpha value is -0.730. The lowest BCUT2D eigenvalue weighted by molar-refractivity contribution is 0.281. The molecule has 2 rings (SSSR count). The summed E-state index contributed by atoms with van der Waals surface area (Å²) in [4.78, 5) is 6.70. The maximum atomic E-state index is 4.47. The number of nitrogens with one attached hydrogen (secondary N) is 1. The van der Waals surface area contributed by atoms with Crippen molar-refractivity contribution in [1.29, 1.82) is 0 Å². The molecule has 1 fully saturated rings. The van der Waals surface area contributed by atoms with Gasteiger partial charge in [-0.05, 0) is 24.7 Å². The lowest BCUT2D eigenvalue weighted by atomic mass is 9.83. The van der Waals surface area contributed by atoms with Gasteiger partial charge in [-0.1, -0.05) is 19.8 Å². The van der Waals surface area contributed by atoms with Crippen LogP contribution in [0.15, 0.2) is 4.99 Å². The Kier molecular flexibility index (Phi) is 3.17. The van der Waals surface area contributed by atoms with Gasteiger partial charge in [0.2, 0.25) is 0 Å². The van der Waals surface area contributed by atoms with Crippen LogP contribution in [0, 0.1) is 5.41 Å². The van der Waals surface area contributed by atoms with Crippen molar-refractivity contribution in [3.05, 3.63) is 0 Å². The van der Waals surface area contributed by atoms with Crippen LogP contribution in [0.2, 0.25) is 0 Å². The first-order valence-corrected chi connectivity index (χ1v) is 6.25. The van der Waals surface area contributed by atoms with Gasteiger partial charge in [0.15, 0.2) is 5.96 Å². The normalized spacial score (nSPS) is 24.4. The van der Waals surface area contributed by atoms with E-state index in [1.54, 1.807) is 0 Å². The molecule has 3 nitrogen and oxygen atoms in total. The van der Waals surface area contributed by atoms with Crippen LogP contribution in [0.25, 0.3) is 0 Å². The molecule has 0 bridgehead atoms. The average molecular weight is 209 g/mol. The highest BCUT2D eigenvalue weighted by Crippen LogP contribution is 2.40. The largest absolute Gasteiger partial charge is 0.356 e. The van der Waals surface area contributed by atoms with Gasteiger partial charge in [-0.25, -0.2) is 0 Å². The smallest absolute Gasteiger partial charge is 0.193 e. The Balaban J connectivity index is 1.86. The predicted octanol–water partition coefficient (Wildman–Crippen LogP) is 1.85. The highest BCUT2D eigenvalue weighted by atomic mass is 15.3. The van der Waals surface area contributed by atoms with Crippen molar-refractivity contribution in [3.8, 4) is 0 Å². The minimum absolute atomic E-state index is 0.561. The van der Waals surface area contributed by atoms with Crippen LogP contribution >= 0.6 is 0 Å². The van der Waals surface area contributed by atoms with Gasteiger partial charge in [0, 0.05) is 20.1 Å². The van der Waals surface area contributed by atoms with Gasteiger partial charge in [-0.2, -0.15) is 0 Å². The molecule has 0 radical (unpaired) electrons. The molecule has 0 unspecified atom stereocenters. The maximum absolute atomic E-state index is 4.47. The third kappa shape index (κ3) is 2.27. The zero-order valence-corrected chi connectivity index (χ0v) is 10.1. The molecule has 0 aromatic carbocycles. The summed E-state index contributed by atoms with van der Waals surface area (Å²) in [5, 5.41) is 3.54. The first kappa shape index (κ1) is 10.8. The van der Waals surface area contributed by atoms with Gasteiger partial charge >= 0.3 is 0 Å². The van der Waals surface area contributed by atoms with E-state index in [-0.39, 0.29) is 0 Å². The lowest BCUT2D eigenvalue weighted by Gasteiger charge is -2.29. The fourth-order valence-corrected chi connectivity index (χ4v) is 2.77. The molecule has 3 heteroatoms. The average Bonchev–Trinajstić information content (AvgIpc) is 2.85. The summed E-state index contributed by atoms with van der Waals surface area (Å²) in [7, 11) is 2.12. The summed E-state index contributed by atoms with van der Waals surface area (Å²) in [6, 6.07) is 0. The molecule has 86 valence electrons. The maximum Gasteiger partial charge on any atom is 0.193 e. The van der Waals surface area contributed by atoms with Crippen molar-refractivity contribution in [2.75, 3.05) is 26.7 Å². The monoisotopic (exact) mass is 209 g/mol. The third-order valence-electron chi connectivity index (χ3n) is 4.09. The molecule has 0 spiro atoms.